The SMILES string of the molecule is COC(=O)C1(C(=O)c2ccccc2)C/C1=C\N(C)S(=O)(=O)c1ccc(C)cc1. The van der Waals surface area contributed by atoms with Crippen LogP contribution in [0.5, 0.6) is 0 Å². The molecule has 0 amide bonds. The number of Topliss-reactive ketones (excluding diaryl/α,β-unsaturated/α-hetero) is 1. The molecule has 1 aliphatic carbocycles. The van der Waals surface area contributed by atoms with Crippen LogP contribution in [0.25, 0.3) is 0 Å². The first-order chi connectivity index (χ1) is 13.2. The first kappa shape index (κ1) is 19.8. The van der Waals surface area contributed by atoms with Gasteiger partial charge in [0.1, 0.15) is 0 Å². The summed E-state index contributed by atoms with van der Waals surface area (Å²) in [6.45, 7) is 1.87. The molecule has 6 nitrogen and oxygen atoms in total. The lowest BCUT2D eigenvalue weighted by molar-refractivity contribution is -0.144. The zero-order valence-corrected chi connectivity index (χ0v) is 16.7. The van der Waals surface area contributed by atoms with Gasteiger partial charge in [0, 0.05) is 18.8 Å². The van der Waals surface area contributed by atoms with Crippen LogP contribution in [-0.2, 0) is 19.6 Å². The van der Waals surface area contributed by atoms with Crippen LogP contribution in [0.15, 0.2) is 71.3 Å². The van der Waals surface area contributed by atoms with E-state index in [1.54, 1.807) is 42.5 Å². The number of ether oxygens (including phenoxy) is 1. The maximum atomic E-state index is 13.0. The van der Waals surface area contributed by atoms with Crippen LogP contribution in [0.3, 0.4) is 0 Å². The summed E-state index contributed by atoms with van der Waals surface area (Å²) < 4.78 is 31.4. The van der Waals surface area contributed by atoms with E-state index in [1.807, 2.05) is 6.92 Å². The van der Waals surface area contributed by atoms with Gasteiger partial charge >= 0.3 is 5.97 Å². The molecule has 1 fully saturated rings. The van der Waals surface area contributed by atoms with E-state index in [9.17, 15) is 18.0 Å². The Bertz CT molecular complexity index is 1040. The van der Waals surface area contributed by atoms with Crippen molar-refractivity contribution >= 4 is 21.8 Å². The van der Waals surface area contributed by atoms with Crippen LogP contribution in [0.2, 0.25) is 0 Å². The monoisotopic (exact) mass is 399 g/mol. The zero-order chi connectivity index (χ0) is 20.5. The van der Waals surface area contributed by atoms with Crippen molar-refractivity contribution in [1.82, 2.24) is 4.31 Å². The first-order valence-electron chi connectivity index (χ1n) is 8.67. The van der Waals surface area contributed by atoms with Crippen molar-refractivity contribution in [2.24, 2.45) is 5.41 Å². The van der Waals surface area contributed by atoms with Gasteiger partial charge in [-0.3, -0.25) is 13.9 Å². The van der Waals surface area contributed by atoms with Gasteiger partial charge in [-0.2, -0.15) is 0 Å². The number of ketones is 1. The smallest absolute Gasteiger partial charge is 0.324 e. The predicted molar refractivity (Wildman–Crippen MR) is 104 cm³/mol. The number of nitrogens with zero attached hydrogens (tertiary/aromatic N) is 1. The highest BCUT2D eigenvalue weighted by atomic mass is 32.2. The number of hydrogen-bond acceptors (Lipinski definition) is 5. The molecule has 0 radical (unpaired) electrons. The van der Waals surface area contributed by atoms with Gasteiger partial charge in [-0.05, 0) is 31.1 Å². The lowest BCUT2D eigenvalue weighted by Crippen LogP contribution is -2.28. The summed E-state index contributed by atoms with van der Waals surface area (Å²) in [5.41, 5.74) is 0.264. The van der Waals surface area contributed by atoms with Crippen molar-refractivity contribution < 1.29 is 22.7 Å². The number of benzene rings is 2. The van der Waals surface area contributed by atoms with Gasteiger partial charge in [-0.15, -0.1) is 0 Å². The number of methoxy groups -OCH3 is 1. The number of hydrogen-bond donors (Lipinski definition) is 0. The molecule has 3 rings (SSSR count). The highest BCUT2D eigenvalue weighted by Crippen LogP contribution is 2.55. The third-order valence-electron chi connectivity index (χ3n) is 4.87. The molecule has 0 heterocycles. The van der Waals surface area contributed by atoms with E-state index in [0.29, 0.717) is 11.1 Å². The average Bonchev–Trinajstić information content (AvgIpc) is 3.42. The Labute approximate surface area is 164 Å². The number of sulfonamides is 1. The topological polar surface area (TPSA) is 80.8 Å². The molecular formula is C21H21NO5S. The first-order valence-corrected chi connectivity index (χ1v) is 10.1. The zero-order valence-electron chi connectivity index (χ0n) is 15.9. The minimum Gasteiger partial charge on any atom is -0.468 e. The molecular weight excluding hydrogens is 378 g/mol. The molecule has 0 N–H and O–H groups in total. The van der Waals surface area contributed by atoms with Crippen LogP contribution >= 0.6 is 0 Å². The molecule has 7 heteroatoms. The molecule has 1 aliphatic rings. The Kier molecular flexibility index (Phi) is 5.12. The molecule has 0 saturated heterocycles. The predicted octanol–water partition coefficient (Wildman–Crippen LogP) is 2.95. The van der Waals surface area contributed by atoms with Gasteiger partial charge in [-0.1, -0.05) is 48.0 Å². The maximum Gasteiger partial charge on any atom is 0.324 e. The molecule has 0 spiro atoms. The maximum absolute atomic E-state index is 13.0. The van der Waals surface area contributed by atoms with Crippen LogP contribution in [0.4, 0.5) is 0 Å². The van der Waals surface area contributed by atoms with Gasteiger partial charge < -0.3 is 4.74 Å². The lowest BCUT2D eigenvalue weighted by Gasteiger charge is -2.16. The van der Waals surface area contributed by atoms with Gasteiger partial charge in [0.15, 0.2) is 11.2 Å². The van der Waals surface area contributed by atoms with Crippen molar-refractivity contribution in [1.29, 1.82) is 0 Å². The van der Waals surface area contributed by atoms with Crippen molar-refractivity contribution in [3.63, 3.8) is 0 Å². The van der Waals surface area contributed by atoms with E-state index in [0.717, 1.165) is 9.87 Å². The summed E-state index contributed by atoms with van der Waals surface area (Å²) in [5, 5.41) is 0. The fourth-order valence-corrected chi connectivity index (χ4v) is 4.17. The number of rotatable bonds is 6. The van der Waals surface area contributed by atoms with Crippen molar-refractivity contribution in [3.05, 3.63) is 77.5 Å². The van der Waals surface area contributed by atoms with Gasteiger partial charge in [0.25, 0.3) is 10.0 Å². The highest BCUT2D eigenvalue weighted by Gasteiger charge is 2.63. The molecule has 0 aromatic heterocycles. The third-order valence-corrected chi connectivity index (χ3v) is 6.60. The molecule has 0 aliphatic heterocycles. The Hall–Kier alpha value is -2.93. The quantitative estimate of drug-likeness (QED) is 0.424. The molecule has 2 aromatic carbocycles. The molecule has 1 atom stereocenters. The molecule has 2 aromatic rings. The van der Waals surface area contributed by atoms with Crippen LogP contribution in [0.1, 0.15) is 22.3 Å². The highest BCUT2D eigenvalue weighted by molar-refractivity contribution is 7.89. The second-order valence-electron chi connectivity index (χ2n) is 6.76. The van der Waals surface area contributed by atoms with Crippen molar-refractivity contribution in [2.75, 3.05) is 14.2 Å². The van der Waals surface area contributed by atoms with Crippen molar-refractivity contribution in [2.45, 2.75) is 18.2 Å². The van der Waals surface area contributed by atoms with E-state index in [2.05, 4.69) is 0 Å². The van der Waals surface area contributed by atoms with E-state index in [-0.39, 0.29) is 11.3 Å². The number of esters is 1. The van der Waals surface area contributed by atoms with Crippen LogP contribution < -0.4 is 0 Å². The molecule has 0 bridgehead atoms. The van der Waals surface area contributed by atoms with Crippen LogP contribution in [0, 0.1) is 12.3 Å². The summed E-state index contributed by atoms with van der Waals surface area (Å²) in [7, 11) is -1.19. The summed E-state index contributed by atoms with van der Waals surface area (Å²) >= 11 is 0. The van der Waals surface area contributed by atoms with E-state index >= 15 is 0 Å². The van der Waals surface area contributed by atoms with Crippen LogP contribution in [-0.4, -0.2) is 38.6 Å². The summed E-state index contributed by atoms with van der Waals surface area (Å²) in [6.07, 6.45) is 1.47. The standard InChI is InChI=1S/C21H21NO5S/c1-15-9-11-18(12-10-15)28(25,26)22(2)14-17-13-21(17,20(24)27-3)19(23)16-7-5-4-6-8-16/h4-12,14H,13H2,1-3H3/b17-14+. The second kappa shape index (κ2) is 7.24. The summed E-state index contributed by atoms with van der Waals surface area (Å²) in [4.78, 5) is 25.5. The van der Waals surface area contributed by atoms with Gasteiger partial charge in [0.2, 0.25) is 0 Å². The van der Waals surface area contributed by atoms with Gasteiger partial charge in [-0.25, -0.2) is 8.42 Å². The molecule has 146 valence electrons. The van der Waals surface area contributed by atoms with E-state index < -0.39 is 27.2 Å². The minimum absolute atomic E-state index is 0.126. The van der Waals surface area contributed by atoms with E-state index in [4.69, 9.17) is 4.74 Å². The molecule has 1 unspecified atom stereocenters. The summed E-state index contributed by atoms with van der Waals surface area (Å²) in [5.74, 6) is -1.08. The van der Waals surface area contributed by atoms with Crippen molar-refractivity contribution in [3.8, 4) is 0 Å². The lowest BCUT2D eigenvalue weighted by atomic mass is 9.94. The fraction of sp³-hybridized carbons (Fsp3) is 0.238. The Balaban J connectivity index is 1.94. The molecule has 28 heavy (non-hydrogen) atoms. The summed E-state index contributed by atoms with van der Waals surface area (Å²) in [6, 6.07) is 14.9. The fourth-order valence-electron chi connectivity index (χ4n) is 3.09. The Morgan fingerprint density at radius 3 is 2.25 bits per heavy atom. The molecule has 1 saturated carbocycles. The number of aryl methyl sites for hydroxylation is 1. The largest absolute Gasteiger partial charge is 0.468 e. The van der Waals surface area contributed by atoms with E-state index in [1.165, 1.54) is 32.5 Å². The minimum atomic E-state index is -3.79. The normalized spacial score (nSPS) is 19.9. The van der Waals surface area contributed by atoms with Gasteiger partial charge in [0.05, 0.1) is 12.0 Å². The third kappa shape index (κ3) is 3.33. The Morgan fingerprint density at radius 1 is 1.07 bits per heavy atom. The number of carbonyl (C=O) groups excluding carboxylic acids is 2. The average molecular weight is 399 g/mol. The number of carbonyl (C=O) groups is 2. The Morgan fingerprint density at radius 2 is 1.68 bits per heavy atom. The second-order valence-corrected chi connectivity index (χ2v) is 8.75.